The van der Waals surface area contributed by atoms with Crippen LogP contribution in [0.2, 0.25) is 0 Å². The lowest BCUT2D eigenvalue weighted by molar-refractivity contribution is 0.100. The van der Waals surface area contributed by atoms with Gasteiger partial charge in [0.15, 0.2) is 0 Å². The average Bonchev–Trinajstić information content (AvgIpc) is 2.88. The highest BCUT2D eigenvalue weighted by atomic mass is 32.2. The third kappa shape index (κ3) is 2.80. The first-order valence-corrected chi connectivity index (χ1v) is 7.48. The first kappa shape index (κ1) is 13.1. The summed E-state index contributed by atoms with van der Waals surface area (Å²) in [6, 6.07) is 15.9. The van der Waals surface area contributed by atoms with E-state index in [4.69, 9.17) is 5.73 Å². The fourth-order valence-electron chi connectivity index (χ4n) is 2.35. The van der Waals surface area contributed by atoms with Gasteiger partial charge in [-0.15, -0.1) is 11.8 Å². The molecular weight excluding hydrogens is 268 g/mol. The first-order valence-electron chi connectivity index (χ1n) is 6.60. The van der Waals surface area contributed by atoms with Crippen LogP contribution in [0.5, 0.6) is 0 Å². The van der Waals surface area contributed by atoms with Crippen molar-refractivity contribution in [2.24, 2.45) is 5.73 Å². The molecule has 0 fully saturated rings. The van der Waals surface area contributed by atoms with E-state index < -0.39 is 5.91 Å². The minimum Gasteiger partial charge on any atom is -0.384 e. The first-order chi connectivity index (χ1) is 9.72. The Kier molecular flexibility index (Phi) is 3.65. The van der Waals surface area contributed by atoms with Crippen LogP contribution in [0.4, 0.5) is 5.69 Å². The minimum absolute atomic E-state index is 0.390. The van der Waals surface area contributed by atoms with Crippen molar-refractivity contribution < 1.29 is 4.79 Å². The van der Waals surface area contributed by atoms with Gasteiger partial charge >= 0.3 is 0 Å². The summed E-state index contributed by atoms with van der Waals surface area (Å²) in [5.74, 6) is -0.390. The number of nitrogens with one attached hydrogen (secondary N) is 1. The number of nitrogens with two attached hydrogens (primary N) is 1. The van der Waals surface area contributed by atoms with Crippen LogP contribution >= 0.6 is 11.8 Å². The zero-order valence-corrected chi connectivity index (χ0v) is 11.8. The number of amides is 1. The molecule has 2 aromatic rings. The van der Waals surface area contributed by atoms with Crippen LogP contribution in [0.25, 0.3) is 0 Å². The third-order valence-corrected chi connectivity index (χ3v) is 4.74. The smallest absolute Gasteiger partial charge is 0.248 e. The van der Waals surface area contributed by atoms with Crippen molar-refractivity contribution in [3.05, 3.63) is 59.7 Å². The Morgan fingerprint density at radius 2 is 1.95 bits per heavy atom. The van der Waals surface area contributed by atoms with Gasteiger partial charge in [-0.25, -0.2) is 0 Å². The van der Waals surface area contributed by atoms with Crippen molar-refractivity contribution in [2.45, 2.75) is 16.6 Å². The highest BCUT2D eigenvalue weighted by Crippen LogP contribution is 2.36. The Morgan fingerprint density at radius 1 is 1.20 bits per heavy atom. The monoisotopic (exact) mass is 284 g/mol. The van der Waals surface area contributed by atoms with Gasteiger partial charge in [0.05, 0.1) is 0 Å². The molecule has 4 heteroatoms. The molecule has 0 aromatic heterocycles. The Morgan fingerprint density at radius 3 is 2.65 bits per heavy atom. The Hall–Kier alpha value is -1.94. The quantitative estimate of drug-likeness (QED) is 0.907. The number of carbonyl (C=O) groups excluding carboxylic acids is 1. The minimum atomic E-state index is -0.390. The highest BCUT2D eigenvalue weighted by molar-refractivity contribution is 8.00. The molecule has 0 spiro atoms. The molecule has 20 heavy (non-hydrogen) atoms. The number of benzene rings is 2. The van der Waals surface area contributed by atoms with Crippen LogP contribution < -0.4 is 11.1 Å². The lowest BCUT2D eigenvalue weighted by atomic mass is 10.1. The number of hydrogen-bond acceptors (Lipinski definition) is 3. The van der Waals surface area contributed by atoms with Crippen LogP contribution in [-0.2, 0) is 6.42 Å². The molecule has 1 aliphatic rings. The summed E-state index contributed by atoms with van der Waals surface area (Å²) in [7, 11) is 0. The number of rotatable bonds is 4. The Labute approximate surface area is 122 Å². The molecule has 3 N–H and O–H groups in total. The molecule has 1 amide bonds. The maximum absolute atomic E-state index is 11.0. The van der Waals surface area contributed by atoms with E-state index in [-0.39, 0.29) is 0 Å². The molecule has 2 aromatic carbocycles. The van der Waals surface area contributed by atoms with E-state index in [1.807, 2.05) is 23.9 Å². The van der Waals surface area contributed by atoms with Crippen molar-refractivity contribution in [3.63, 3.8) is 0 Å². The maximum Gasteiger partial charge on any atom is 0.248 e. The van der Waals surface area contributed by atoms with Crippen LogP contribution in [0.3, 0.4) is 0 Å². The van der Waals surface area contributed by atoms with Crippen molar-refractivity contribution >= 4 is 23.4 Å². The van der Waals surface area contributed by atoms with Crippen molar-refractivity contribution in [1.29, 1.82) is 0 Å². The summed E-state index contributed by atoms with van der Waals surface area (Å²) in [5.41, 5.74) is 8.22. The van der Waals surface area contributed by atoms with Gasteiger partial charge in [0.25, 0.3) is 0 Å². The fourth-order valence-corrected chi connectivity index (χ4v) is 3.60. The number of primary amides is 1. The highest BCUT2D eigenvalue weighted by Gasteiger charge is 2.21. The molecule has 1 heterocycles. The van der Waals surface area contributed by atoms with E-state index in [1.54, 1.807) is 12.1 Å². The predicted octanol–water partition coefficient (Wildman–Crippen LogP) is 2.91. The number of anilines is 1. The van der Waals surface area contributed by atoms with Crippen LogP contribution in [0.15, 0.2) is 53.4 Å². The van der Waals surface area contributed by atoms with Crippen molar-refractivity contribution in [1.82, 2.24) is 0 Å². The summed E-state index contributed by atoms with van der Waals surface area (Å²) in [5, 5.41) is 3.97. The normalized spacial score (nSPS) is 16.7. The molecule has 3 nitrogen and oxygen atoms in total. The lowest BCUT2D eigenvalue weighted by Crippen LogP contribution is -2.16. The predicted molar refractivity (Wildman–Crippen MR) is 83.2 cm³/mol. The van der Waals surface area contributed by atoms with E-state index >= 15 is 0 Å². The molecule has 1 aliphatic heterocycles. The SMILES string of the molecule is NC(=O)c1ccc(NCC2Cc3ccccc3S2)cc1. The van der Waals surface area contributed by atoms with E-state index in [1.165, 1.54) is 10.5 Å². The van der Waals surface area contributed by atoms with E-state index in [0.717, 1.165) is 18.7 Å². The molecular formula is C16H16N2OS. The third-order valence-electron chi connectivity index (χ3n) is 3.42. The van der Waals surface area contributed by atoms with Gasteiger partial charge in [-0.3, -0.25) is 4.79 Å². The molecule has 102 valence electrons. The second-order valence-electron chi connectivity index (χ2n) is 4.87. The number of fused-ring (bicyclic) bond motifs is 1. The topological polar surface area (TPSA) is 55.1 Å². The second kappa shape index (κ2) is 5.59. The Balaban J connectivity index is 1.57. The van der Waals surface area contributed by atoms with Gasteiger partial charge in [0, 0.05) is 27.9 Å². The second-order valence-corrected chi connectivity index (χ2v) is 6.22. The number of hydrogen-bond donors (Lipinski definition) is 2. The molecule has 0 bridgehead atoms. The molecule has 1 unspecified atom stereocenters. The molecule has 0 saturated heterocycles. The largest absolute Gasteiger partial charge is 0.384 e. The van der Waals surface area contributed by atoms with Gasteiger partial charge in [0.2, 0.25) is 5.91 Å². The zero-order chi connectivity index (χ0) is 13.9. The number of thioether (sulfide) groups is 1. The zero-order valence-electron chi connectivity index (χ0n) is 11.0. The standard InChI is InChI=1S/C16H16N2OS/c17-16(19)11-5-7-13(8-6-11)18-10-14-9-12-3-1-2-4-15(12)20-14/h1-8,14,18H,9-10H2,(H2,17,19). The van der Waals surface area contributed by atoms with E-state index in [0.29, 0.717) is 10.8 Å². The van der Waals surface area contributed by atoms with Gasteiger partial charge in [0.1, 0.15) is 0 Å². The van der Waals surface area contributed by atoms with Crippen LogP contribution in [-0.4, -0.2) is 17.7 Å². The van der Waals surface area contributed by atoms with Crippen molar-refractivity contribution in [3.8, 4) is 0 Å². The van der Waals surface area contributed by atoms with Gasteiger partial charge in [-0.2, -0.15) is 0 Å². The van der Waals surface area contributed by atoms with Crippen LogP contribution in [0, 0.1) is 0 Å². The van der Waals surface area contributed by atoms with E-state index in [9.17, 15) is 4.79 Å². The fraction of sp³-hybridized carbons (Fsp3) is 0.188. The number of carbonyl (C=O) groups is 1. The molecule has 0 radical (unpaired) electrons. The summed E-state index contributed by atoms with van der Waals surface area (Å²) in [6.07, 6.45) is 1.10. The van der Waals surface area contributed by atoms with Gasteiger partial charge in [-0.1, -0.05) is 18.2 Å². The summed E-state index contributed by atoms with van der Waals surface area (Å²) >= 11 is 1.93. The molecule has 0 saturated carbocycles. The summed E-state index contributed by atoms with van der Waals surface area (Å²) < 4.78 is 0. The van der Waals surface area contributed by atoms with E-state index in [2.05, 4.69) is 29.6 Å². The van der Waals surface area contributed by atoms with Crippen LogP contribution in [0.1, 0.15) is 15.9 Å². The summed E-state index contributed by atoms with van der Waals surface area (Å²) in [4.78, 5) is 12.4. The van der Waals surface area contributed by atoms with Crippen molar-refractivity contribution in [2.75, 3.05) is 11.9 Å². The molecule has 1 atom stereocenters. The molecule has 0 aliphatic carbocycles. The summed E-state index contributed by atoms with van der Waals surface area (Å²) in [6.45, 7) is 0.912. The Bertz CT molecular complexity index is 600. The maximum atomic E-state index is 11.0. The average molecular weight is 284 g/mol. The molecule has 3 rings (SSSR count). The van der Waals surface area contributed by atoms with Gasteiger partial charge < -0.3 is 11.1 Å². The lowest BCUT2D eigenvalue weighted by Gasteiger charge is -2.11. The van der Waals surface area contributed by atoms with Gasteiger partial charge in [-0.05, 0) is 42.3 Å².